The van der Waals surface area contributed by atoms with Crippen LogP contribution in [0.25, 0.3) is 10.6 Å². The SMILES string of the molecule is CCN(CC)S(=O)(=O)c1ccc(C(=O)Nc2cccc(-c3nccs3)c2)cc1. The van der Waals surface area contributed by atoms with Gasteiger partial charge < -0.3 is 5.32 Å². The molecule has 1 aromatic heterocycles. The van der Waals surface area contributed by atoms with Gasteiger partial charge in [-0.25, -0.2) is 13.4 Å². The number of rotatable bonds is 7. The van der Waals surface area contributed by atoms with E-state index in [0.717, 1.165) is 10.6 Å². The van der Waals surface area contributed by atoms with Crippen molar-refractivity contribution in [3.8, 4) is 10.6 Å². The summed E-state index contributed by atoms with van der Waals surface area (Å²) < 4.78 is 26.5. The molecule has 8 heteroatoms. The lowest BCUT2D eigenvalue weighted by atomic mass is 10.2. The first-order valence-corrected chi connectivity index (χ1v) is 11.2. The van der Waals surface area contributed by atoms with Gasteiger partial charge in [-0.2, -0.15) is 4.31 Å². The topological polar surface area (TPSA) is 79.4 Å². The number of benzene rings is 2. The molecule has 1 amide bonds. The van der Waals surface area contributed by atoms with Crippen LogP contribution < -0.4 is 5.32 Å². The molecule has 28 heavy (non-hydrogen) atoms. The van der Waals surface area contributed by atoms with Crippen LogP contribution in [0.3, 0.4) is 0 Å². The second-order valence-electron chi connectivity index (χ2n) is 5.99. The van der Waals surface area contributed by atoms with E-state index in [4.69, 9.17) is 0 Å². The first-order chi connectivity index (χ1) is 13.5. The number of amides is 1. The summed E-state index contributed by atoms with van der Waals surface area (Å²) in [4.78, 5) is 17.0. The summed E-state index contributed by atoms with van der Waals surface area (Å²) in [6.45, 7) is 4.39. The van der Waals surface area contributed by atoms with Crippen molar-refractivity contribution in [1.29, 1.82) is 0 Å². The van der Waals surface area contributed by atoms with Gasteiger partial charge in [0.15, 0.2) is 0 Å². The molecule has 3 aromatic rings. The van der Waals surface area contributed by atoms with Crippen molar-refractivity contribution in [2.24, 2.45) is 0 Å². The summed E-state index contributed by atoms with van der Waals surface area (Å²) in [6.07, 6.45) is 1.74. The Balaban J connectivity index is 1.76. The first-order valence-electron chi connectivity index (χ1n) is 8.87. The zero-order valence-electron chi connectivity index (χ0n) is 15.6. The third kappa shape index (κ3) is 4.30. The number of nitrogens with zero attached hydrogens (tertiary/aromatic N) is 2. The standard InChI is InChI=1S/C20H21N3O3S2/c1-3-23(4-2)28(25,26)18-10-8-15(9-11-18)19(24)22-17-7-5-6-16(14-17)20-21-12-13-27-20/h5-14H,3-4H2,1-2H3,(H,22,24). The van der Waals surface area contributed by atoms with Crippen LogP contribution in [0, 0.1) is 0 Å². The Morgan fingerprint density at radius 2 is 1.82 bits per heavy atom. The molecule has 2 aromatic carbocycles. The Morgan fingerprint density at radius 3 is 2.43 bits per heavy atom. The second kappa shape index (κ2) is 8.64. The van der Waals surface area contributed by atoms with E-state index in [1.165, 1.54) is 39.9 Å². The minimum absolute atomic E-state index is 0.179. The lowest BCUT2D eigenvalue weighted by Crippen LogP contribution is -2.30. The highest BCUT2D eigenvalue weighted by Gasteiger charge is 2.21. The minimum Gasteiger partial charge on any atom is -0.322 e. The van der Waals surface area contributed by atoms with E-state index in [-0.39, 0.29) is 10.8 Å². The largest absolute Gasteiger partial charge is 0.322 e. The van der Waals surface area contributed by atoms with Crippen LogP contribution in [0.1, 0.15) is 24.2 Å². The van der Waals surface area contributed by atoms with Crippen molar-refractivity contribution < 1.29 is 13.2 Å². The highest BCUT2D eigenvalue weighted by atomic mass is 32.2. The quantitative estimate of drug-likeness (QED) is 0.630. The smallest absolute Gasteiger partial charge is 0.255 e. The van der Waals surface area contributed by atoms with Gasteiger partial charge in [-0.3, -0.25) is 4.79 Å². The monoisotopic (exact) mass is 415 g/mol. The fourth-order valence-electron chi connectivity index (χ4n) is 2.79. The number of carbonyl (C=O) groups excluding carboxylic acids is 1. The van der Waals surface area contributed by atoms with Crippen LogP contribution >= 0.6 is 11.3 Å². The summed E-state index contributed by atoms with van der Waals surface area (Å²) in [7, 11) is -3.54. The highest BCUT2D eigenvalue weighted by Crippen LogP contribution is 2.25. The van der Waals surface area contributed by atoms with Crippen molar-refractivity contribution in [1.82, 2.24) is 9.29 Å². The van der Waals surface area contributed by atoms with Gasteiger partial charge in [-0.05, 0) is 36.4 Å². The van der Waals surface area contributed by atoms with Gasteiger partial charge in [-0.15, -0.1) is 11.3 Å². The lowest BCUT2D eigenvalue weighted by molar-refractivity contribution is 0.102. The van der Waals surface area contributed by atoms with Crippen molar-refractivity contribution in [3.05, 3.63) is 65.7 Å². The normalized spacial score (nSPS) is 11.5. The first kappa shape index (κ1) is 20.2. The zero-order chi connectivity index (χ0) is 20.1. The van der Waals surface area contributed by atoms with Crippen LogP contribution in [-0.2, 0) is 10.0 Å². The summed E-state index contributed by atoms with van der Waals surface area (Å²) in [5.74, 6) is -0.303. The molecule has 6 nitrogen and oxygen atoms in total. The third-order valence-corrected chi connectivity index (χ3v) is 7.15. The van der Waals surface area contributed by atoms with E-state index >= 15 is 0 Å². The van der Waals surface area contributed by atoms with Crippen LogP contribution in [-0.4, -0.2) is 36.7 Å². The molecule has 0 aliphatic rings. The Bertz CT molecular complexity index is 1040. The Morgan fingerprint density at radius 1 is 1.11 bits per heavy atom. The second-order valence-corrected chi connectivity index (χ2v) is 8.82. The molecule has 0 saturated heterocycles. The van der Waals surface area contributed by atoms with Crippen LogP contribution in [0.15, 0.2) is 65.0 Å². The molecule has 3 rings (SSSR count). The number of sulfonamides is 1. The molecule has 1 heterocycles. The van der Waals surface area contributed by atoms with E-state index in [0.29, 0.717) is 24.3 Å². The van der Waals surface area contributed by atoms with Crippen molar-refractivity contribution in [3.63, 3.8) is 0 Å². The van der Waals surface area contributed by atoms with Crippen LogP contribution in [0.5, 0.6) is 0 Å². The van der Waals surface area contributed by atoms with Gasteiger partial charge in [0.2, 0.25) is 10.0 Å². The third-order valence-electron chi connectivity index (χ3n) is 4.26. The summed E-state index contributed by atoms with van der Waals surface area (Å²) in [5, 5.41) is 5.62. The molecule has 0 radical (unpaired) electrons. The number of aromatic nitrogens is 1. The Labute approximate surface area is 168 Å². The van der Waals surface area contributed by atoms with E-state index < -0.39 is 10.0 Å². The van der Waals surface area contributed by atoms with E-state index in [9.17, 15) is 13.2 Å². The molecular weight excluding hydrogens is 394 g/mol. The van der Waals surface area contributed by atoms with Gasteiger partial charge in [-0.1, -0.05) is 26.0 Å². The predicted octanol–water partition coefficient (Wildman–Crippen LogP) is 4.09. The summed E-state index contributed by atoms with van der Waals surface area (Å²) >= 11 is 1.53. The Kier molecular flexibility index (Phi) is 6.23. The molecule has 0 saturated carbocycles. The van der Waals surface area contributed by atoms with Gasteiger partial charge in [0.25, 0.3) is 5.91 Å². The molecule has 0 bridgehead atoms. The van der Waals surface area contributed by atoms with Gasteiger partial charge >= 0.3 is 0 Å². The number of hydrogen-bond acceptors (Lipinski definition) is 5. The van der Waals surface area contributed by atoms with Crippen molar-refractivity contribution in [2.75, 3.05) is 18.4 Å². The van der Waals surface area contributed by atoms with Gasteiger partial charge in [0.1, 0.15) is 5.01 Å². The molecular formula is C20H21N3O3S2. The number of anilines is 1. The summed E-state index contributed by atoms with van der Waals surface area (Å²) in [6, 6.07) is 13.4. The average molecular weight is 416 g/mol. The number of thiazole rings is 1. The average Bonchev–Trinajstić information content (AvgIpc) is 3.24. The number of hydrogen-bond donors (Lipinski definition) is 1. The van der Waals surface area contributed by atoms with E-state index in [1.54, 1.807) is 26.1 Å². The molecule has 0 spiro atoms. The number of nitrogens with one attached hydrogen (secondary N) is 1. The fraction of sp³-hybridized carbons (Fsp3) is 0.200. The lowest BCUT2D eigenvalue weighted by Gasteiger charge is -2.18. The molecule has 146 valence electrons. The molecule has 1 N–H and O–H groups in total. The zero-order valence-corrected chi connectivity index (χ0v) is 17.3. The maximum Gasteiger partial charge on any atom is 0.255 e. The maximum atomic E-state index is 12.5. The summed E-state index contributed by atoms with van der Waals surface area (Å²) in [5.41, 5.74) is 1.96. The molecule has 0 unspecified atom stereocenters. The number of carbonyl (C=O) groups is 1. The van der Waals surface area contributed by atoms with Crippen molar-refractivity contribution in [2.45, 2.75) is 18.7 Å². The maximum absolute atomic E-state index is 12.5. The van der Waals surface area contributed by atoms with E-state index in [1.807, 2.05) is 23.6 Å². The molecule has 0 aliphatic carbocycles. The van der Waals surface area contributed by atoms with Gasteiger partial charge in [0.05, 0.1) is 4.90 Å². The Hall–Kier alpha value is -2.55. The van der Waals surface area contributed by atoms with E-state index in [2.05, 4.69) is 10.3 Å². The molecule has 0 atom stereocenters. The predicted molar refractivity (Wildman–Crippen MR) is 112 cm³/mol. The fourth-order valence-corrected chi connectivity index (χ4v) is 4.88. The highest BCUT2D eigenvalue weighted by molar-refractivity contribution is 7.89. The van der Waals surface area contributed by atoms with Crippen LogP contribution in [0.2, 0.25) is 0 Å². The molecule has 0 aliphatic heterocycles. The minimum atomic E-state index is -3.54. The van der Waals surface area contributed by atoms with Crippen molar-refractivity contribution >= 4 is 33.0 Å². The van der Waals surface area contributed by atoms with Crippen LogP contribution in [0.4, 0.5) is 5.69 Å². The molecule has 0 fully saturated rings. The van der Waals surface area contributed by atoms with Gasteiger partial charge in [0, 0.05) is 41.5 Å².